The minimum atomic E-state index is -3.02. The molecule has 6 nitrogen and oxygen atoms in total. The van der Waals surface area contributed by atoms with Gasteiger partial charge in [-0.2, -0.15) is 0 Å². The molecule has 140 valence electrons. The molecule has 9 heteroatoms. The fourth-order valence-electron chi connectivity index (χ4n) is 2.94. The van der Waals surface area contributed by atoms with Gasteiger partial charge < -0.3 is 9.67 Å². The van der Waals surface area contributed by atoms with Gasteiger partial charge in [0.2, 0.25) is 0 Å². The first-order valence-corrected chi connectivity index (χ1v) is 11.0. The van der Waals surface area contributed by atoms with Crippen LogP contribution in [-0.4, -0.2) is 45.5 Å². The standard InChI is InChI=1S/C17H20FN3O3S2/c1-2-8-21-16(13-7-9-26(23,24)11-13)19-20-17(21)25-10-15(22)12-3-5-14(18)6-4-12/h2-6,13,15,22H,1,7-11H2/t13-,15+/m1/s1. The van der Waals surface area contributed by atoms with Crippen LogP contribution in [0.2, 0.25) is 0 Å². The van der Waals surface area contributed by atoms with Crippen LogP contribution in [0.5, 0.6) is 0 Å². The van der Waals surface area contributed by atoms with Crippen molar-refractivity contribution in [1.82, 2.24) is 14.8 Å². The number of rotatable bonds is 7. The molecule has 1 aromatic heterocycles. The van der Waals surface area contributed by atoms with Crippen molar-refractivity contribution in [3.05, 3.63) is 54.1 Å². The van der Waals surface area contributed by atoms with E-state index in [1.165, 1.54) is 23.9 Å². The highest BCUT2D eigenvalue weighted by Gasteiger charge is 2.33. The highest BCUT2D eigenvalue weighted by atomic mass is 32.2. The van der Waals surface area contributed by atoms with Crippen LogP contribution in [0.4, 0.5) is 4.39 Å². The van der Waals surface area contributed by atoms with E-state index < -0.39 is 15.9 Å². The van der Waals surface area contributed by atoms with Crippen LogP contribution in [0.25, 0.3) is 0 Å². The Hall–Kier alpha value is -1.71. The van der Waals surface area contributed by atoms with Gasteiger partial charge >= 0.3 is 0 Å². The first-order valence-electron chi connectivity index (χ1n) is 8.20. The van der Waals surface area contributed by atoms with Gasteiger partial charge in [0.05, 0.1) is 17.6 Å². The predicted octanol–water partition coefficient (Wildman–Crippen LogP) is 2.33. The Balaban J connectivity index is 1.73. The number of benzene rings is 1. The Bertz CT molecular complexity index is 881. The van der Waals surface area contributed by atoms with Crippen LogP contribution in [0.3, 0.4) is 0 Å². The summed E-state index contributed by atoms with van der Waals surface area (Å²) in [6.07, 6.45) is 1.47. The zero-order valence-electron chi connectivity index (χ0n) is 14.1. The summed E-state index contributed by atoms with van der Waals surface area (Å²) in [5.41, 5.74) is 0.621. The fraction of sp³-hybridized carbons (Fsp3) is 0.412. The Morgan fingerprint density at radius 1 is 1.38 bits per heavy atom. The lowest BCUT2D eigenvalue weighted by Gasteiger charge is -2.13. The van der Waals surface area contributed by atoms with E-state index in [9.17, 15) is 17.9 Å². The zero-order valence-corrected chi connectivity index (χ0v) is 15.7. The molecule has 1 aliphatic heterocycles. The SMILES string of the molecule is C=CCn1c(SC[C@H](O)c2ccc(F)cc2)nnc1[C@@H]1CCS(=O)(=O)C1. The van der Waals surface area contributed by atoms with Crippen LogP contribution in [0.15, 0.2) is 42.1 Å². The Morgan fingerprint density at radius 3 is 2.73 bits per heavy atom. The maximum absolute atomic E-state index is 13.0. The van der Waals surface area contributed by atoms with Crippen molar-refractivity contribution < 1.29 is 17.9 Å². The molecule has 1 fully saturated rings. The third-order valence-electron chi connectivity index (χ3n) is 4.28. The second-order valence-corrected chi connectivity index (χ2v) is 9.43. The van der Waals surface area contributed by atoms with Crippen molar-refractivity contribution in [2.24, 2.45) is 0 Å². The molecular formula is C17H20FN3O3S2. The molecule has 0 amide bonds. The summed E-state index contributed by atoms with van der Waals surface area (Å²) in [6.45, 7) is 4.20. The number of allylic oxidation sites excluding steroid dienone is 1. The summed E-state index contributed by atoms with van der Waals surface area (Å²) in [7, 11) is -3.02. The van der Waals surface area contributed by atoms with Crippen molar-refractivity contribution >= 4 is 21.6 Å². The number of aliphatic hydroxyl groups is 1. The van der Waals surface area contributed by atoms with Crippen molar-refractivity contribution in [2.45, 2.75) is 30.1 Å². The molecule has 0 saturated carbocycles. The van der Waals surface area contributed by atoms with Gasteiger partial charge in [-0.3, -0.25) is 0 Å². The van der Waals surface area contributed by atoms with Gasteiger partial charge in [-0.1, -0.05) is 30.0 Å². The topological polar surface area (TPSA) is 85.1 Å². The maximum Gasteiger partial charge on any atom is 0.191 e. The molecule has 1 saturated heterocycles. The highest BCUT2D eigenvalue weighted by molar-refractivity contribution is 7.99. The average molecular weight is 397 g/mol. The largest absolute Gasteiger partial charge is 0.388 e. The summed E-state index contributed by atoms with van der Waals surface area (Å²) in [6, 6.07) is 5.71. The molecule has 0 radical (unpaired) electrons. The van der Waals surface area contributed by atoms with E-state index in [4.69, 9.17) is 0 Å². The smallest absolute Gasteiger partial charge is 0.191 e. The number of sulfone groups is 1. The minimum absolute atomic E-state index is 0.0884. The molecule has 2 heterocycles. The van der Waals surface area contributed by atoms with Gasteiger partial charge in [-0.25, -0.2) is 12.8 Å². The molecule has 1 aromatic carbocycles. The fourth-order valence-corrected chi connectivity index (χ4v) is 5.60. The van der Waals surface area contributed by atoms with Crippen LogP contribution in [-0.2, 0) is 16.4 Å². The minimum Gasteiger partial charge on any atom is -0.388 e. The van der Waals surface area contributed by atoms with Gasteiger partial charge in [-0.05, 0) is 24.1 Å². The van der Waals surface area contributed by atoms with Gasteiger partial charge in [0.15, 0.2) is 15.0 Å². The Kier molecular flexibility index (Phi) is 5.79. The summed E-state index contributed by atoms with van der Waals surface area (Å²) in [5.74, 6) is 0.711. The Labute approximate surface area is 156 Å². The Morgan fingerprint density at radius 2 is 2.12 bits per heavy atom. The van der Waals surface area contributed by atoms with E-state index in [-0.39, 0.29) is 23.2 Å². The number of hydrogen-bond acceptors (Lipinski definition) is 6. The van der Waals surface area contributed by atoms with E-state index in [1.807, 2.05) is 4.57 Å². The number of nitrogens with zero attached hydrogens (tertiary/aromatic N) is 3. The molecule has 2 atom stereocenters. The van der Waals surface area contributed by atoms with Crippen LogP contribution >= 0.6 is 11.8 Å². The van der Waals surface area contributed by atoms with Gasteiger partial charge in [0, 0.05) is 18.2 Å². The third-order valence-corrected chi connectivity index (χ3v) is 7.09. The van der Waals surface area contributed by atoms with Gasteiger partial charge in [0.25, 0.3) is 0 Å². The summed E-state index contributed by atoms with van der Waals surface area (Å²) >= 11 is 1.32. The van der Waals surface area contributed by atoms with Crippen molar-refractivity contribution in [3.63, 3.8) is 0 Å². The van der Waals surface area contributed by atoms with Crippen molar-refractivity contribution in [2.75, 3.05) is 17.3 Å². The number of halogens is 1. The van der Waals surface area contributed by atoms with E-state index in [2.05, 4.69) is 16.8 Å². The molecule has 3 rings (SSSR count). The molecule has 1 aliphatic rings. The quantitative estimate of drug-likeness (QED) is 0.570. The summed E-state index contributed by atoms with van der Waals surface area (Å²) in [4.78, 5) is 0. The van der Waals surface area contributed by atoms with E-state index >= 15 is 0 Å². The summed E-state index contributed by atoms with van der Waals surface area (Å²) in [5, 5.41) is 19.2. The van der Waals surface area contributed by atoms with Crippen LogP contribution in [0, 0.1) is 5.82 Å². The van der Waals surface area contributed by atoms with Crippen molar-refractivity contribution in [3.8, 4) is 0 Å². The monoisotopic (exact) mass is 397 g/mol. The number of thioether (sulfide) groups is 1. The second kappa shape index (κ2) is 7.89. The average Bonchev–Trinajstić information content (AvgIpc) is 3.16. The lowest BCUT2D eigenvalue weighted by atomic mass is 10.1. The molecule has 0 unspecified atom stereocenters. The number of hydrogen-bond donors (Lipinski definition) is 1. The summed E-state index contributed by atoms with van der Waals surface area (Å²) < 4.78 is 38.3. The third kappa shape index (κ3) is 4.33. The number of aromatic nitrogens is 3. The normalized spacial score (nSPS) is 20.2. The molecule has 0 aliphatic carbocycles. The predicted molar refractivity (Wildman–Crippen MR) is 98.3 cm³/mol. The second-order valence-electron chi connectivity index (χ2n) is 6.22. The molecule has 26 heavy (non-hydrogen) atoms. The lowest BCUT2D eigenvalue weighted by Crippen LogP contribution is -2.11. The number of aliphatic hydroxyl groups excluding tert-OH is 1. The lowest BCUT2D eigenvalue weighted by molar-refractivity contribution is 0.204. The van der Waals surface area contributed by atoms with E-state index in [0.717, 1.165) is 0 Å². The highest BCUT2D eigenvalue weighted by Crippen LogP contribution is 2.31. The van der Waals surface area contributed by atoms with E-state index in [1.54, 1.807) is 18.2 Å². The maximum atomic E-state index is 13.0. The molecular weight excluding hydrogens is 377 g/mol. The first-order chi connectivity index (χ1) is 12.4. The molecule has 1 N–H and O–H groups in total. The first kappa shape index (κ1) is 19.1. The van der Waals surface area contributed by atoms with Gasteiger partial charge in [-0.15, -0.1) is 16.8 Å². The van der Waals surface area contributed by atoms with Crippen LogP contribution < -0.4 is 0 Å². The molecule has 0 bridgehead atoms. The zero-order chi connectivity index (χ0) is 18.7. The van der Waals surface area contributed by atoms with Gasteiger partial charge in [0.1, 0.15) is 11.6 Å². The van der Waals surface area contributed by atoms with E-state index in [0.29, 0.717) is 35.3 Å². The van der Waals surface area contributed by atoms with Crippen molar-refractivity contribution in [1.29, 1.82) is 0 Å². The molecule has 2 aromatic rings. The van der Waals surface area contributed by atoms with Crippen LogP contribution in [0.1, 0.15) is 29.8 Å². The molecule has 0 spiro atoms.